The van der Waals surface area contributed by atoms with Crippen LogP contribution in [0.1, 0.15) is 0 Å². The predicted octanol–water partition coefficient (Wildman–Crippen LogP) is -0.813. The molecule has 0 bridgehead atoms. The van der Waals surface area contributed by atoms with Gasteiger partial charge in [0.15, 0.2) is 0 Å². The van der Waals surface area contributed by atoms with Crippen molar-refractivity contribution in [2.45, 2.75) is 0 Å². The van der Waals surface area contributed by atoms with E-state index in [0.29, 0.717) is 0 Å². The molecule has 0 aromatic rings. The molecular formula is H3MoS3+. The summed E-state index contributed by atoms with van der Waals surface area (Å²) in [6, 6.07) is 0. The van der Waals surface area contributed by atoms with E-state index in [4.69, 9.17) is 0 Å². The molecule has 0 amide bonds. The third-order valence-electron chi connectivity index (χ3n) is 0. The van der Waals surface area contributed by atoms with Gasteiger partial charge in [0.2, 0.25) is 0 Å². The molecule has 0 aliphatic carbocycles. The quantitative estimate of drug-likeness (QED) is 0.282. The van der Waals surface area contributed by atoms with E-state index in [2.05, 4.69) is 0 Å². The molecule has 4 heteroatoms. The van der Waals surface area contributed by atoms with Crippen LogP contribution in [0, 0.1) is 0 Å². The first-order chi connectivity index (χ1) is 0. The van der Waals surface area contributed by atoms with E-state index < -0.39 is 0 Å². The third kappa shape index (κ3) is 9.28. The van der Waals surface area contributed by atoms with E-state index >= 15 is 0 Å². The normalized spacial score (nSPS) is 0. The molecular weight excluding hydrogens is 192 g/mol. The Morgan fingerprint density at radius 1 is 0.500 bits per heavy atom. The second-order valence-electron chi connectivity index (χ2n) is 0. The molecule has 0 aromatic heterocycles. The van der Waals surface area contributed by atoms with Gasteiger partial charge in [0.1, 0.15) is 0 Å². The molecule has 0 aliphatic heterocycles. The van der Waals surface area contributed by atoms with Crippen LogP contribution in [-0.4, -0.2) is 0 Å². The molecule has 0 radical (unpaired) electrons. The molecule has 0 aliphatic rings. The Balaban J connectivity index is 0. The Bertz CT molecular complexity index is 3.25. The Labute approximate surface area is 61.3 Å². The van der Waals surface area contributed by atoms with Crippen LogP contribution >= 0.6 is 0 Å². The van der Waals surface area contributed by atoms with Gasteiger partial charge in [0.25, 0.3) is 0 Å². The molecule has 0 unspecified atom stereocenters. The number of thiol groups is 3. The van der Waals surface area contributed by atoms with E-state index in [1.807, 2.05) is 0 Å². The molecule has 0 nitrogen and oxygen atoms in total. The molecule has 0 saturated carbocycles. The van der Waals surface area contributed by atoms with Gasteiger partial charge in [0.05, 0.1) is 0 Å². The van der Waals surface area contributed by atoms with Gasteiger partial charge >= 0.3 is 21.1 Å². The molecule has 0 spiro atoms. The van der Waals surface area contributed by atoms with E-state index in [9.17, 15) is 0 Å². The van der Waals surface area contributed by atoms with Crippen LogP contribution in [0.4, 0.5) is 0 Å². The fourth-order valence-electron chi connectivity index (χ4n) is 0. The number of hydrogen-bond donors (Lipinski definition) is 0. The van der Waals surface area contributed by atoms with Crippen molar-refractivity contribution in [2.24, 2.45) is 0 Å². The molecule has 0 rings (SSSR count). The Morgan fingerprint density at radius 2 is 0.500 bits per heavy atom. The molecule has 26 valence electrons. The van der Waals surface area contributed by atoms with E-state index in [1.165, 1.54) is 0 Å². The average molecular weight is 195 g/mol. The smallest absolute Gasteiger partial charge is 0.813 e. The first-order valence-corrected chi connectivity index (χ1v) is 0. The minimum atomic E-state index is 0. The fourth-order valence-corrected chi connectivity index (χ4v) is 0. The minimum absolute atomic E-state index is 0. The second-order valence-corrected chi connectivity index (χ2v) is 0. The van der Waals surface area contributed by atoms with Crippen LogP contribution in [0.2, 0.25) is 0 Å². The summed E-state index contributed by atoms with van der Waals surface area (Å²) in [4.78, 5) is 0. The van der Waals surface area contributed by atoms with Gasteiger partial charge in [-0.25, -0.2) is 0 Å². The van der Waals surface area contributed by atoms with Gasteiger partial charge in [-0.15, -0.1) is 0 Å². The van der Waals surface area contributed by atoms with Crippen LogP contribution in [-0.2, 0) is 61.6 Å². The summed E-state index contributed by atoms with van der Waals surface area (Å²) in [6.45, 7) is 0. The average Bonchev–Trinajstić information content (AvgIpc) is 0. The summed E-state index contributed by atoms with van der Waals surface area (Å²) in [5.74, 6) is 0. The molecule has 0 fully saturated rings. The summed E-state index contributed by atoms with van der Waals surface area (Å²) >= 11 is 0. The van der Waals surface area contributed by atoms with E-state index in [1.54, 1.807) is 0 Å². The molecule has 0 aromatic carbocycles. The Morgan fingerprint density at radius 3 is 0.500 bits per heavy atom. The van der Waals surface area contributed by atoms with Gasteiger partial charge in [-0.3, -0.25) is 0 Å². The van der Waals surface area contributed by atoms with Gasteiger partial charge in [-0.2, -0.15) is 0 Å². The zero-order valence-electron chi connectivity index (χ0n) is 1.75. The topological polar surface area (TPSA) is 0 Å². The predicted molar refractivity (Wildman–Crippen MR) is 26.3 cm³/mol. The van der Waals surface area contributed by atoms with Gasteiger partial charge in [-0.1, -0.05) is 0 Å². The van der Waals surface area contributed by atoms with Crippen molar-refractivity contribution in [1.82, 2.24) is 0 Å². The van der Waals surface area contributed by atoms with Gasteiger partial charge in [0, 0.05) is 0 Å². The molecule has 0 N–H and O–H groups in total. The third-order valence-corrected chi connectivity index (χ3v) is 0. The van der Waals surface area contributed by atoms with Crippen molar-refractivity contribution in [3.8, 4) is 0 Å². The minimum Gasteiger partial charge on any atom is -0.813 e. The van der Waals surface area contributed by atoms with Crippen molar-refractivity contribution in [3.05, 3.63) is 0 Å². The SMILES string of the molecule is [Mo+4].[SH-].[SH-].[SH-]. The van der Waals surface area contributed by atoms with Crippen LogP contribution in [0.15, 0.2) is 0 Å². The van der Waals surface area contributed by atoms with Gasteiger partial charge < -0.3 is 40.5 Å². The fraction of sp³-hybridized carbons (Fsp3) is 0. The maximum absolute atomic E-state index is 0. The summed E-state index contributed by atoms with van der Waals surface area (Å²) in [6.07, 6.45) is 0. The summed E-state index contributed by atoms with van der Waals surface area (Å²) < 4.78 is 0. The van der Waals surface area contributed by atoms with E-state index in [0.717, 1.165) is 0 Å². The molecule has 4 heavy (non-hydrogen) atoms. The Hall–Kier alpha value is 1.74. The van der Waals surface area contributed by atoms with Crippen molar-refractivity contribution in [3.63, 3.8) is 0 Å². The zero-order chi connectivity index (χ0) is 0. The molecule has 0 atom stereocenters. The maximum Gasteiger partial charge on any atom is 4.00 e. The van der Waals surface area contributed by atoms with Crippen molar-refractivity contribution >= 4 is 40.5 Å². The van der Waals surface area contributed by atoms with Crippen LogP contribution in [0.5, 0.6) is 0 Å². The number of hydrogen-bond acceptors (Lipinski definition) is 3. The number of rotatable bonds is 0. The second kappa shape index (κ2) is 21.9. The molecule has 0 saturated heterocycles. The molecule has 0 heterocycles. The first kappa shape index (κ1) is 42.6. The van der Waals surface area contributed by atoms with Crippen molar-refractivity contribution < 1.29 is 21.1 Å². The van der Waals surface area contributed by atoms with E-state index in [-0.39, 0.29) is 61.6 Å². The van der Waals surface area contributed by atoms with Crippen molar-refractivity contribution in [2.75, 3.05) is 0 Å². The summed E-state index contributed by atoms with van der Waals surface area (Å²) in [7, 11) is 0. The first-order valence-electron chi connectivity index (χ1n) is 0. The van der Waals surface area contributed by atoms with Crippen LogP contribution in [0.25, 0.3) is 0 Å². The summed E-state index contributed by atoms with van der Waals surface area (Å²) in [5.41, 5.74) is 0. The van der Waals surface area contributed by atoms with Crippen LogP contribution < -0.4 is 0 Å². The maximum atomic E-state index is 0. The zero-order valence-corrected chi connectivity index (χ0v) is 6.44. The van der Waals surface area contributed by atoms with Crippen molar-refractivity contribution in [1.29, 1.82) is 0 Å². The monoisotopic (exact) mass is 197 g/mol. The Kier molecular flexibility index (Phi) is 234. The largest absolute Gasteiger partial charge is 4.00 e. The standard InChI is InChI=1S/Mo.3H2S/h;3*1H2/q+4;;;/p-3. The summed E-state index contributed by atoms with van der Waals surface area (Å²) in [5, 5.41) is 0. The van der Waals surface area contributed by atoms with Gasteiger partial charge in [-0.05, 0) is 0 Å². The van der Waals surface area contributed by atoms with Crippen LogP contribution in [0.3, 0.4) is 0 Å².